The maximum Gasteiger partial charge on any atom is 0.287 e. The zero-order valence-corrected chi connectivity index (χ0v) is 21.1. The Bertz CT molecular complexity index is 1450. The van der Waals surface area contributed by atoms with Crippen LogP contribution in [0.5, 0.6) is 0 Å². The van der Waals surface area contributed by atoms with Crippen molar-refractivity contribution in [2.75, 3.05) is 13.1 Å². The number of hydrogen-bond acceptors (Lipinski definition) is 4. The van der Waals surface area contributed by atoms with Crippen LogP contribution in [0, 0.1) is 11.6 Å². The molecule has 2 heterocycles. The summed E-state index contributed by atoms with van der Waals surface area (Å²) in [6.45, 7) is 1.75. The minimum atomic E-state index is -1.03. The summed E-state index contributed by atoms with van der Waals surface area (Å²) in [5.74, 6) is -2.22. The standard InChI is InChI=1S/C30H30F2N2O4/c31-22-15-24-26(35)17-27(38-29(24)25(32)16-22)30(37)33-13-12-19-8-10-20(11-9-19)23-6-2-1-5-21(23)18-34-14-4-3-7-28(34)36/h1-2,5-6,12,15-17,20H,3-4,7-11,13-14,18H2,(H,33,37). The van der Waals surface area contributed by atoms with Crippen molar-refractivity contribution in [1.29, 1.82) is 0 Å². The Morgan fingerprint density at radius 3 is 2.63 bits per heavy atom. The van der Waals surface area contributed by atoms with Gasteiger partial charge in [-0.2, -0.15) is 0 Å². The number of piperidine rings is 1. The molecule has 2 aliphatic rings. The van der Waals surface area contributed by atoms with Gasteiger partial charge in [-0.15, -0.1) is 0 Å². The number of rotatable bonds is 6. The van der Waals surface area contributed by atoms with Crippen molar-refractivity contribution >= 4 is 22.8 Å². The third-order valence-corrected chi connectivity index (χ3v) is 7.53. The fourth-order valence-corrected chi connectivity index (χ4v) is 5.49. The van der Waals surface area contributed by atoms with Crippen molar-refractivity contribution in [2.45, 2.75) is 57.4 Å². The summed E-state index contributed by atoms with van der Waals surface area (Å²) >= 11 is 0. The molecule has 0 unspecified atom stereocenters. The minimum Gasteiger partial charge on any atom is -0.448 e. The number of likely N-dealkylation sites (tertiary alicyclic amines) is 1. The molecule has 0 atom stereocenters. The lowest BCUT2D eigenvalue weighted by atomic mass is 9.79. The smallest absolute Gasteiger partial charge is 0.287 e. The summed E-state index contributed by atoms with van der Waals surface area (Å²) in [5.41, 5.74) is 2.66. The van der Waals surface area contributed by atoms with Gasteiger partial charge in [-0.05, 0) is 61.6 Å². The molecule has 3 aromatic rings. The molecule has 1 aromatic heterocycles. The van der Waals surface area contributed by atoms with Gasteiger partial charge in [0.05, 0.1) is 5.39 Å². The molecule has 8 heteroatoms. The van der Waals surface area contributed by atoms with Crippen LogP contribution in [0.25, 0.3) is 11.0 Å². The van der Waals surface area contributed by atoms with Crippen LogP contribution in [-0.2, 0) is 11.3 Å². The predicted molar refractivity (Wildman–Crippen MR) is 140 cm³/mol. The third-order valence-electron chi connectivity index (χ3n) is 7.53. The van der Waals surface area contributed by atoms with E-state index in [0.29, 0.717) is 24.9 Å². The van der Waals surface area contributed by atoms with Gasteiger partial charge in [-0.3, -0.25) is 14.4 Å². The van der Waals surface area contributed by atoms with Gasteiger partial charge >= 0.3 is 0 Å². The monoisotopic (exact) mass is 520 g/mol. The van der Waals surface area contributed by atoms with Gasteiger partial charge in [-0.1, -0.05) is 35.9 Å². The molecule has 2 aromatic carbocycles. The Morgan fingerprint density at radius 1 is 1.05 bits per heavy atom. The number of hydrogen-bond donors (Lipinski definition) is 1. The lowest BCUT2D eigenvalue weighted by Crippen LogP contribution is -2.35. The van der Waals surface area contributed by atoms with Crippen molar-refractivity contribution in [3.63, 3.8) is 0 Å². The highest BCUT2D eigenvalue weighted by molar-refractivity contribution is 5.93. The van der Waals surface area contributed by atoms with E-state index >= 15 is 0 Å². The highest BCUT2D eigenvalue weighted by atomic mass is 19.1. The second-order valence-corrected chi connectivity index (χ2v) is 10.1. The van der Waals surface area contributed by atoms with Crippen LogP contribution in [0.2, 0.25) is 0 Å². The second kappa shape index (κ2) is 11.3. The number of amides is 2. The molecule has 2 fully saturated rings. The number of halogens is 2. The van der Waals surface area contributed by atoms with Gasteiger partial charge < -0.3 is 14.6 Å². The van der Waals surface area contributed by atoms with E-state index in [9.17, 15) is 23.2 Å². The molecule has 1 aliphatic carbocycles. The first-order valence-corrected chi connectivity index (χ1v) is 13.1. The van der Waals surface area contributed by atoms with Crippen molar-refractivity contribution < 1.29 is 22.8 Å². The molecule has 1 aliphatic heterocycles. The van der Waals surface area contributed by atoms with Gasteiger partial charge in [0.1, 0.15) is 5.82 Å². The first-order valence-electron chi connectivity index (χ1n) is 13.1. The molecule has 0 bridgehead atoms. The number of nitrogens with zero attached hydrogens (tertiary/aromatic N) is 1. The van der Waals surface area contributed by atoms with Crippen molar-refractivity contribution in [3.8, 4) is 0 Å². The summed E-state index contributed by atoms with van der Waals surface area (Å²) < 4.78 is 32.7. The Morgan fingerprint density at radius 2 is 1.84 bits per heavy atom. The van der Waals surface area contributed by atoms with E-state index in [1.165, 1.54) is 16.7 Å². The van der Waals surface area contributed by atoms with Crippen LogP contribution in [0.3, 0.4) is 0 Å². The van der Waals surface area contributed by atoms with E-state index in [1.54, 1.807) is 0 Å². The van der Waals surface area contributed by atoms with E-state index in [-0.39, 0.29) is 23.6 Å². The molecule has 0 radical (unpaired) electrons. The van der Waals surface area contributed by atoms with Gasteiger partial charge in [0, 0.05) is 38.2 Å². The number of nitrogens with one attached hydrogen (secondary N) is 1. The van der Waals surface area contributed by atoms with Gasteiger partial charge in [-0.25, -0.2) is 8.78 Å². The Balaban J connectivity index is 1.18. The minimum absolute atomic E-state index is 0.240. The first-order chi connectivity index (χ1) is 18.4. The molecule has 1 saturated carbocycles. The first kappa shape index (κ1) is 25.8. The average Bonchev–Trinajstić information content (AvgIpc) is 2.91. The van der Waals surface area contributed by atoms with Crippen molar-refractivity contribution in [2.24, 2.45) is 0 Å². The van der Waals surface area contributed by atoms with Crippen LogP contribution < -0.4 is 10.7 Å². The zero-order valence-electron chi connectivity index (χ0n) is 21.1. The van der Waals surface area contributed by atoms with E-state index in [0.717, 1.165) is 57.2 Å². The average molecular weight is 521 g/mol. The maximum absolute atomic E-state index is 14.0. The van der Waals surface area contributed by atoms with Crippen LogP contribution >= 0.6 is 0 Å². The molecule has 5 rings (SSSR count). The van der Waals surface area contributed by atoms with Gasteiger partial charge in [0.15, 0.2) is 22.6 Å². The Kier molecular flexibility index (Phi) is 7.67. The molecular weight excluding hydrogens is 490 g/mol. The van der Waals surface area contributed by atoms with Gasteiger partial charge in [0.2, 0.25) is 5.91 Å². The summed E-state index contributed by atoms with van der Waals surface area (Å²) in [5, 5.41) is 2.44. The third kappa shape index (κ3) is 5.69. The fourth-order valence-electron chi connectivity index (χ4n) is 5.49. The number of carbonyl (C=O) groups is 2. The van der Waals surface area contributed by atoms with E-state index in [1.807, 2.05) is 17.0 Å². The Labute approximate surface area is 219 Å². The number of allylic oxidation sites excluding steroid dienone is 1. The second-order valence-electron chi connectivity index (χ2n) is 10.1. The van der Waals surface area contributed by atoms with Crippen molar-refractivity contribution in [3.05, 3.63) is 92.9 Å². The Hall–Kier alpha value is -3.81. The zero-order chi connectivity index (χ0) is 26.6. The van der Waals surface area contributed by atoms with Crippen LogP contribution in [-0.4, -0.2) is 29.8 Å². The predicted octanol–water partition coefficient (Wildman–Crippen LogP) is 5.60. The largest absolute Gasteiger partial charge is 0.448 e. The summed E-state index contributed by atoms with van der Waals surface area (Å²) in [6.07, 6.45) is 8.43. The molecule has 2 amide bonds. The van der Waals surface area contributed by atoms with Crippen LogP contribution in [0.15, 0.2) is 63.3 Å². The summed E-state index contributed by atoms with van der Waals surface area (Å²) in [6, 6.07) is 10.9. The maximum atomic E-state index is 14.0. The lowest BCUT2D eigenvalue weighted by molar-refractivity contribution is -0.133. The highest BCUT2D eigenvalue weighted by Crippen LogP contribution is 2.37. The number of benzene rings is 2. The lowest BCUT2D eigenvalue weighted by Gasteiger charge is -2.30. The number of fused-ring (bicyclic) bond motifs is 1. The number of carbonyl (C=O) groups excluding carboxylic acids is 2. The topological polar surface area (TPSA) is 79.6 Å². The highest BCUT2D eigenvalue weighted by Gasteiger charge is 2.24. The van der Waals surface area contributed by atoms with Gasteiger partial charge in [0.25, 0.3) is 5.91 Å². The molecule has 38 heavy (non-hydrogen) atoms. The molecular formula is C30H30F2N2O4. The van der Waals surface area contributed by atoms with E-state index < -0.39 is 28.6 Å². The molecule has 198 valence electrons. The van der Waals surface area contributed by atoms with Crippen LogP contribution in [0.1, 0.15) is 72.5 Å². The van der Waals surface area contributed by atoms with Crippen LogP contribution in [0.4, 0.5) is 8.78 Å². The summed E-state index contributed by atoms with van der Waals surface area (Å²) in [4.78, 5) is 39.0. The normalized spacial score (nSPS) is 18.1. The molecule has 0 spiro atoms. The van der Waals surface area contributed by atoms with E-state index in [4.69, 9.17) is 4.42 Å². The SMILES string of the molecule is O=C(NCC=C1CCC(c2ccccc2CN2CCCCC2=O)CC1)c1cc(=O)c2cc(F)cc(F)c2o1. The summed E-state index contributed by atoms with van der Waals surface area (Å²) in [7, 11) is 0. The van der Waals surface area contributed by atoms with Crippen molar-refractivity contribution in [1.82, 2.24) is 10.2 Å². The van der Waals surface area contributed by atoms with E-state index in [2.05, 4.69) is 23.5 Å². The molecule has 1 saturated heterocycles. The molecule has 6 nitrogen and oxygen atoms in total. The molecule has 1 N–H and O–H groups in total. The fraction of sp³-hybridized carbons (Fsp3) is 0.367. The quantitative estimate of drug-likeness (QED) is 0.429.